The molecule has 0 radical (unpaired) electrons. The maximum absolute atomic E-state index is 3.62. The molecular formula is C19H32N2. The summed E-state index contributed by atoms with van der Waals surface area (Å²) in [6.07, 6.45) is 2.69. The van der Waals surface area contributed by atoms with Crippen LogP contribution in [-0.4, -0.2) is 30.6 Å². The van der Waals surface area contributed by atoms with E-state index in [1.54, 1.807) is 0 Å². The first-order chi connectivity index (χ1) is 10.1. The minimum absolute atomic E-state index is 0.624. The molecule has 1 heterocycles. The highest BCUT2D eigenvalue weighted by Gasteiger charge is 2.23. The Hall–Kier alpha value is -0.860. The Morgan fingerprint density at radius 2 is 1.86 bits per heavy atom. The van der Waals surface area contributed by atoms with Gasteiger partial charge >= 0.3 is 0 Å². The van der Waals surface area contributed by atoms with Gasteiger partial charge in [-0.2, -0.15) is 0 Å². The molecule has 1 unspecified atom stereocenters. The normalized spacial score (nSPS) is 19.8. The molecule has 2 heteroatoms. The third-order valence-electron chi connectivity index (χ3n) is 4.46. The third kappa shape index (κ3) is 5.12. The standard InChI is InChI=1S/C19H32N2/c1-15(2)12-20-13-19-6-5-11-21(19)14-17-7-9-18(10-8-17)16(3)4/h7-10,15-16,19-20H,5-6,11-14H2,1-4H3. The van der Waals surface area contributed by atoms with Crippen molar-refractivity contribution in [3.8, 4) is 0 Å². The van der Waals surface area contributed by atoms with Crippen molar-refractivity contribution in [3.05, 3.63) is 35.4 Å². The van der Waals surface area contributed by atoms with Crippen molar-refractivity contribution in [2.75, 3.05) is 19.6 Å². The van der Waals surface area contributed by atoms with Crippen LogP contribution < -0.4 is 5.32 Å². The van der Waals surface area contributed by atoms with E-state index in [-0.39, 0.29) is 0 Å². The summed E-state index contributed by atoms with van der Waals surface area (Å²) < 4.78 is 0. The molecule has 1 saturated heterocycles. The van der Waals surface area contributed by atoms with Crippen LogP contribution in [0.2, 0.25) is 0 Å². The summed E-state index contributed by atoms with van der Waals surface area (Å²) in [4.78, 5) is 2.65. The molecule has 1 aliphatic rings. The zero-order valence-electron chi connectivity index (χ0n) is 14.2. The first-order valence-corrected chi connectivity index (χ1v) is 8.60. The molecule has 0 saturated carbocycles. The Labute approximate surface area is 130 Å². The van der Waals surface area contributed by atoms with Crippen LogP contribution in [0.5, 0.6) is 0 Å². The van der Waals surface area contributed by atoms with Crippen molar-refractivity contribution in [1.82, 2.24) is 10.2 Å². The molecule has 1 aliphatic heterocycles. The summed E-state index contributed by atoms with van der Waals surface area (Å²) >= 11 is 0. The SMILES string of the molecule is CC(C)CNCC1CCCN1Cc1ccc(C(C)C)cc1. The van der Waals surface area contributed by atoms with Gasteiger partial charge in [-0.25, -0.2) is 0 Å². The number of rotatable bonds is 7. The molecule has 0 spiro atoms. The number of hydrogen-bond acceptors (Lipinski definition) is 2. The van der Waals surface area contributed by atoms with Gasteiger partial charge in [-0.1, -0.05) is 52.0 Å². The molecule has 1 fully saturated rings. The first kappa shape index (κ1) is 16.5. The van der Waals surface area contributed by atoms with Crippen molar-refractivity contribution >= 4 is 0 Å². The van der Waals surface area contributed by atoms with E-state index in [2.05, 4.69) is 62.2 Å². The number of hydrogen-bond donors (Lipinski definition) is 1. The molecule has 21 heavy (non-hydrogen) atoms. The lowest BCUT2D eigenvalue weighted by Gasteiger charge is -2.25. The minimum atomic E-state index is 0.624. The average molecular weight is 288 g/mol. The lowest BCUT2D eigenvalue weighted by atomic mass is 10.0. The van der Waals surface area contributed by atoms with E-state index in [1.807, 2.05) is 0 Å². The minimum Gasteiger partial charge on any atom is -0.315 e. The second kappa shape index (κ2) is 7.95. The molecular weight excluding hydrogens is 256 g/mol. The highest BCUT2D eigenvalue weighted by Crippen LogP contribution is 2.21. The van der Waals surface area contributed by atoms with Crippen LogP contribution in [0.3, 0.4) is 0 Å². The summed E-state index contributed by atoms with van der Waals surface area (Å²) in [6, 6.07) is 9.93. The highest BCUT2D eigenvalue weighted by molar-refractivity contribution is 5.24. The zero-order valence-corrected chi connectivity index (χ0v) is 14.2. The van der Waals surface area contributed by atoms with Gasteiger partial charge in [0.1, 0.15) is 0 Å². The van der Waals surface area contributed by atoms with E-state index in [1.165, 1.54) is 30.5 Å². The van der Waals surface area contributed by atoms with E-state index < -0.39 is 0 Å². The van der Waals surface area contributed by atoms with Gasteiger partial charge in [0, 0.05) is 19.1 Å². The molecule has 1 aromatic carbocycles. The van der Waals surface area contributed by atoms with Gasteiger partial charge in [0.15, 0.2) is 0 Å². The van der Waals surface area contributed by atoms with E-state index in [0.717, 1.165) is 25.6 Å². The Morgan fingerprint density at radius 1 is 1.14 bits per heavy atom. The summed E-state index contributed by atoms with van der Waals surface area (Å²) in [5, 5.41) is 3.62. The van der Waals surface area contributed by atoms with Gasteiger partial charge in [0.2, 0.25) is 0 Å². The van der Waals surface area contributed by atoms with Crippen molar-refractivity contribution in [2.24, 2.45) is 5.92 Å². The predicted molar refractivity (Wildman–Crippen MR) is 91.7 cm³/mol. The molecule has 0 aromatic heterocycles. The summed E-state index contributed by atoms with van der Waals surface area (Å²) in [6.45, 7) is 13.7. The van der Waals surface area contributed by atoms with Gasteiger partial charge in [0.05, 0.1) is 0 Å². The van der Waals surface area contributed by atoms with Gasteiger partial charge < -0.3 is 5.32 Å². The molecule has 118 valence electrons. The fourth-order valence-corrected chi connectivity index (χ4v) is 3.12. The smallest absolute Gasteiger partial charge is 0.0237 e. The monoisotopic (exact) mass is 288 g/mol. The van der Waals surface area contributed by atoms with Crippen molar-refractivity contribution in [3.63, 3.8) is 0 Å². The van der Waals surface area contributed by atoms with Crippen LogP contribution in [0.15, 0.2) is 24.3 Å². The van der Waals surface area contributed by atoms with Crippen molar-refractivity contribution in [1.29, 1.82) is 0 Å². The Bertz CT molecular complexity index is 408. The Morgan fingerprint density at radius 3 is 2.48 bits per heavy atom. The maximum Gasteiger partial charge on any atom is 0.0237 e. The molecule has 2 rings (SSSR count). The van der Waals surface area contributed by atoms with Crippen LogP contribution in [0, 0.1) is 5.92 Å². The van der Waals surface area contributed by atoms with Gasteiger partial charge in [-0.15, -0.1) is 0 Å². The Kier molecular flexibility index (Phi) is 6.25. The third-order valence-corrected chi connectivity index (χ3v) is 4.46. The second-order valence-electron chi connectivity index (χ2n) is 7.21. The second-order valence-corrected chi connectivity index (χ2v) is 7.21. The number of nitrogens with zero attached hydrogens (tertiary/aromatic N) is 1. The van der Waals surface area contributed by atoms with Crippen LogP contribution in [0.4, 0.5) is 0 Å². The van der Waals surface area contributed by atoms with E-state index >= 15 is 0 Å². The fraction of sp³-hybridized carbons (Fsp3) is 0.684. The number of nitrogens with one attached hydrogen (secondary N) is 1. The summed E-state index contributed by atoms with van der Waals surface area (Å²) in [5.74, 6) is 1.36. The Balaban J connectivity index is 1.85. The fourth-order valence-electron chi connectivity index (χ4n) is 3.12. The van der Waals surface area contributed by atoms with Crippen LogP contribution in [-0.2, 0) is 6.54 Å². The molecule has 1 N–H and O–H groups in total. The molecule has 2 nitrogen and oxygen atoms in total. The first-order valence-electron chi connectivity index (χ1n) is 8.60. The molecule has 0 bridgehead atoms. The number of likely N-dealkylation sites (tertiary alicyclic amines) is 1. The zero-order chi connectivity index (χ0) is 15.2. The maximum atomic E-state index is 3.62. The van der Waals surface area contributed by atoms with E-state index in [0.29, 0.717) is 12.0 Å². The number of benzene rings is 1. The topological polar surface area (TPSA) is 15.3 Å². The summed E-state index contributed by atoms with van der Waals surface area (Å²) in [5.41, 5.74) is 2.89. The van der Waals surface area contributed by atoms with E-state index in [9.17, 15) is 0 Å². The molecule has 1 atom stereocenters. The lowest BCUT2D eigenvalue weighted by Crippen LogP contribution is -2.38. The molecule has 0 amide bonds. The van der Waals surface area contributed by atoms with E-state index in [4.69, 9.17) is 0 Å². The molecule has 0 aliphatic carbocycles. The van der Waals surface area contributed by atoms with Gasteiger partial charge in [0.25, 0.3) is 0 Å². The average Bonchev–Trinajstić information content (AvgIpc) is 2.86. The van der Waals surface area contributed by atoms with Gasteiger partial charge in [-0.3, -0.25) is 4.90 Å². The molecule has 1 aromatic rings. The van der Waals surface area contributed by atoms with Crippen LogP contribution in [0.25, 0.3) is 0 Å². The van der Waals surface area contributed by atoms with Crippen LogP contribution in [0.1, 0.15) is 57.6 Å². The van der Waals surface area contributed by atoms with Gasteiger partial charge in [-0.05, 0) is 48.9 Å². The quantitative estimate of drug-likeness (QED) is 0.815. The predicted octanol–water partition coefficient (Wildman–Crippen LogP) is 4.02. The highest BCUT2D eigenvalue weighted by atomic mass is 15.2. The lowest BCUT2D eigenvalue weighted by molar-refractivity contribution is 0.237. The van der Waals surface area contributed by atoms with Crippen LogP contribution >= 0.6 is 0 Å². The largest absolute Gasteiger partial charge is 0.315 e. The summed E-state index contributed by atoms with van der Waals surface area (Å²) in [7, 11) is 0. The van der Waals surface area contributed by atoms with Crippen molar-refractivity contribution < 1.29 is 0 Å². The van der Waals surface area contributed by atoms with Crippen molar-refractivity contribution in [2.45, 2.75) is 59.0 Å².